The van der Waals surface area contributed by atoms with Gasteiger partial charge in [-0.2, -0.15) is 43.9 Å². The minimum atomic E-state index is -7.72. The van der Waals surface area contributed by atoms with E-state index in [-0.39, 0.29) is 16.9 Å². The average Bonchev–Trinajstić information content (AvgIpc) is 2.66. The van der Waals surface area contributed by atoms with Gasteiger partial charge in [0, 0.05) is 13.1 Å². The third-order valence-corrected chi connectivity index (χ3v) is 4.56. The van der Waals surface area contributed by atoms with Gasteiger partial charge in [-0.15, -0.1) is 0 Å². The SMILES string of the molecule is O=C(N1CCc2ccccc2C1)C(F)(F)C(F)(F)C(F)(F)C(F)(F)C(F)(F)C(F)F. The van der Waals surface area contributed by atoms with Crippen LogP contribution in [0.25, 0.3) is 0 Å². The summed E-state index contributed by atoms with van der Waals surface area (Å²) in [7, 11) is 0. The molecule has 0 N–H and O–H groups in total. The summed E-state index contributed by atoms with van der Waals surface area (Å²) in [6.07, 6.45) is -5.77. The summed E-state index contributed by atoms with van der Waals surface area (Å²) in [4.78, 5) is 11.8. The summed E-state index contributed by atoms with van der Waals surface area (Å²) in [6, 6.07) is 5.67. The summed E-state index contributed by atoms with van der Waals surface area (Å²) >= 11 is 0. The Labute approximate surface area is 160 Å². The Bertz CT molecular complexity index is 807. The fourth-order valence-electron chi connectivity index (χ4n) is 2.74. The molecule has 1 aliphatic rings. The van der Waals surface area contributed by atoms with E-state index in [2.05, 4.69) is 0 Å². The molecule has 1 heterocycles. The molecule has 1 amide bonds. The maximum absolute atomic E-state index is 14.0. The predicted octanol–water partition coefficient (Wildman–Crippen LogP) is 5.01. The molecular formula is C16H11F12NO. The van der Waals surface area contributed by atoms with Crippen LogP contribution in [0.3, 0.4) is 0 Å². The van der Waals surface area contributed by atoms with Crippen molar-refractivity contribution in [3.63, 3.8) is 0 Å². The van der Waals surface area contributed by atoms with Crippen LogP contribution in [0.4, 0.5) is 52.7 Å². The summed E-state index contributed by atoms with van der Waals surface area (Å²) in [5.74, 6) is -39.5. The highest BCUT2D eigenvalue weighted by molar-refractivity contribution is 5.85. The van der Waals surface area contributed by atoms with Gasteiger partial charge in [0.25, 0.3) is 5.91 Å². The van der Waals surface area contributed by atoms with Crippen molar-refractivity contribution >= 4 is 5.91 Å². The Balaban J connectivity index is 2.40. The molecule has 0 aliphatic carbocycles. The first-order valence-corrected chi connectivity index (χ1v) is 7.96. The minimum Gasteiger partial charge on any atom is -0.333 e. The molecule has 0 atom stereocenters. The summed E-state index contributed by atoms with van der Waals surface area (Å²) in [5, 5.41) is 0. The van der Waals surface area contributed by atoms with Crippen molar-refractivity contribution in [3.8, 4) is 0 Å². The van der Waals surface area contributed by atoms with E-state index in [9.17, 15) is 57.5 Å². The second kappa shape index (κ2) is 7.22. The van der Waals surface area contributed by atoms with E-state index in [1.165, 1.54) is 24.3 Å². The molecule has 170 valence electrons. The van der Waals surface area contributed by atoms with Crippen molar-refractivity contribution in [2.45, 2.75) is 49.0 Å². The number of benzene rings is 1. The second-order valence-electron chi connectivity index (χ2n) is 6.47. The summed E-state index contributed by atoms with van der Waals surface area (Å²) < 4.78 is 159. The van der Waals surface area contributed by atoms with Crippen LogP contribution in [0.2, 0.25) is 0 Å². The molecule has 2 nitrogen and oxygen atoms in total. The van der Waals surface area contributed by atoms with Gasteiger partial charge in [-0.1, -0.05) is 24.3 Å². The highest BCUT2D eigenvalue weighted by atomic mass is 19.4. The van der Waals surface area contributed by atoms with Gasteiger partial charge in [0.2, 0.25) is 0 Å². The van der Waals surface area contributed by atoms with E-state index >= 15 is 0 Å². The van der Waals surface area contributed by atoms with Crippen molar-refractivity contribution in [1.29, 1.82) is 0 Å². The standard InChI is InChI=1S/C16H11F12NO/c17-10(18)12(19,20)14(23,24)16(27,28)15(25,26)13(21,22)11(30)29-6-5-8-3-1-2-4-9(8)7-29/h1-4,10H,5-7H2. The van der Waals surface area contributed by atoms with E-state index in [0.29, 0.717) is 5.56 Å². The topological polar surface area (TPSA) is 20.3 Å². The number of hydrogen-bond acceptors (Lipinski definition) is 1. The number of alkyl halides is 12. The molecule has 1 aromatic carbocycles. The zero-order valence-corrected chi connectivity index (χ0v) is 14.4. The molecular weight excluding hydrogens is 450 g/mol. The number of carbonyl (C=O) groups is 1. The van der Waals surface area contributed by atoms with Gasteiger partial charge in [-0.05, 0) is 17.5 Å². The van der Waals surface area contributed by atoms with Crippen molar-refractivity contribution in [1.82, 2.24) is 4.90 Å². The molecule has 1 aromatic rings. The number of carbonyl (C=O) groups excluding carboxylic acids is 1. The fraction of sp³-hybridized carbons (Fsp3) is 0.562. The largest absolute Gasteiger partial charge is 0.392 e. The smallest absolute Gasteiger partial charge is 0.333 e. The Morgan fingerprint density at radius 1 is 0.800 bits per heavy atom. The second-order valence-corrected chi connectivity index (χ2v) is 6.47. The lowest BCUT2D eigenvalue weighted by molar-refractivity contribution is -0.407. The number of fused-ring (bicyclic) bond motifs is 1. The zero-order valence-electron chi connectivity index (χ0n) is 14.4. The molecule has 0 saturated carbocycles. The number of hydrogen-bond donors (Lipinski definition) is 0. The lowest BCUT2D eigenvalue weighted by atomic mass is 9.93. The van der Waals surface area contributed by atoms with Gasteiger partial charge in [0.15, 0.2) is 0 Å². The van der Waals surface area contributed by atoms with Gasteiger partial charge in [0.05, 0.1) is 0 Å². The Morgan fingerprint density at radius 3 is 1.80 bits per heavy atom. The first kappa shape index (κ1) is 24.1. The average molecular weight is 461 g/mol. The number of halogens is 12. The van der Waals surface area contributed by atoms with Crippen LogP contribution < -0.4 is 0 Å². The third-order valence-electron chi connectivity index (χ3n) is 4.56. The first-order chi connectivity index (χ1) is 13.4. The van der Waals surface area contributed by atoms with E-state index in [1.807, 2.05) is 0 Å². The van der Waals surface area contributed by atoms with Gasteiger partial charge in [0.1, 0.15) is 0 Å². The number of nitrogens with zero attached hydrogens (tertiary/aromatic N) is 1. The highest BCUT2D eigenvalue weighted by Gasteiger charge is 2.89. The summed E-state index contributed by atoms with van der Waals surface area (Å²) in [5.41, 5.74) is 0.669. The van der Waals surface area contributed by atoms with Crippen LogP contribution in [0.15, 0.2) is 24.3 Å². The number of amides is 1. The fourth-order valence-corrected chi connectivity index (χ4v) is 2.74. The normalized spacial score (nSPS) is 16.6. The Kier molecular flexibility index (Phi) is 5.81. The van der Waals surface area contributed by atoms with Crippen LogP contribution >= 0.6 is 0 Å². The molecule has 0 unspecified atom stereocenters. The molecule has 0 fully saturated rings. The van der Waals surface area contributed by atoms with Crippen LogP contribution in [-0.2, 0) is 17.8 Å². The van der Waals surface area contributed by atoms with Gasteiger partial charge >= 0.3 is 36.0 Å². The lowest BCUT2D eigenvalue weighted by Crippen LogP contribution is -2.71. The lowest BCUT2D eigenvalue weighted by Gasteiger charge is -2.40. The van der Waals surface area contributed by atoms with Crippen LogP contribution in [0.1, 0.15) is 11.1 Å². The van der Waals surface area contributed by atoms with Crippen molar-refractivity contribution in [2.24, 2.45) is 0 Å². The molecule has 30 heavy (non-hydrogen) atoms. The molecule has 0 aromatic heterocycles. The maximum atomic E-state index is 14.0. The molecule has 14 heteroatoms. The van der Waals surface area contributed by atoms with Crippen molar-refractivity contribution in [2.75, 3.05) is 6.54 Å². The van der Waals surface area contributed by atoms with E-state index in [1.54, 1.807) is 0 Å². The number of rotatable bonds is 6. The van der Waals surface area contributed by atoms with Crippen molar-refractivity contribution in [3.05, 3.63) is 35.4 Å². The zero-order chi connectivity index (χ0) is 23.3. The van der Waals surface area contributed by atoms with Crippen LogP contribution in [0, 0.1) is 0 Å². The van der Waals surface area contributed by atoms with E-state index in [0.717, 1.165) is 0 Å². The van der Waals surface area contributed by atoms with E-state index < -0.39 is 55.0 Å². The quantitative estimate of drug-likeness (QED) is 0.546. The minimum absolute atomic E-state index is 0.0459. The van der Waals surface area contributed by atoms with Crippen LogP contribution in [-0.4, -0.2) is 53.4 Å². The molecule has 0 spiro atoms. The predicted molar refractivity (Wildman–Crippen MR) is 76.3 cm³/mol. The van der Waals surface area contributed by atoms with Gasteiger partial charge in [-0.3, -0.25) is 4.79 Å². The van der Waals surface area contributed by atoms with Gasteiger partial charge < -0.3 is 4.90 Å². The molecule has 1 aliphatic heterocycles. The van der Waals surface area contributed by atoms with Crippen molar-refractivity contribution < 1.29 is 57.5 Å². The Morgan fingerprint density at radius 2 is 1.30 bits per heavy atom. The molecule has 0 bridgehead atoms. The summed E-state index contributed by atoms with van der Waals surface area (Å²) in [6.45, 7) is -1.48. The van der Waals surface area contributed by atoms with Crippen LogP contribution in [0.5, 0.6) is 0 Å². The molecule has 2 rings (SSSR count). The first-order valence-electron chi connectivity index (χ1n) is 7.96. The maximum Gasteiger partial charge on any atom is 0.392 e. The third kappa shape index (κ3) is 3.27. The Hall–Kier alpha value is -2.15. The molecule has 0 saturated heterocycles. The highest BCUT2D eigenvalue weighted by Crippen LogP contribution is 2.58. The van der Waals surface area contributed by atoms with Gasteiger partial charge in [-0.25, -0.2) is 8.78 Å². The monoisotopic (exact) mass is 461 g/mol. The van der Waals surface area contributed by atoms with E-state index in [4.69, 9.17) is 0 Å². The molecule has 0 radical (unpaired) electrons.